The van der Waals surface area contributed by atoms with E-state index in [1.165, 1.54) is 25.7 Å². The molecule has 0 atom stereocenters. The maximum atomic E-state index is 12.3. The summed E-state index contributed by atoms with van der Waals surface area (Å²) in [5.74, 6) is 0.621. The fourth-order valence-electron chi connectivity index (χ4n) is 2.67. The summed E-state index contributed by atoms with van der Waals surface area (Å²) in [6.07, 6.45) is 5.05. The Morgan fingerprint density at radius 1 is 1.37 bits per heavy atom. The van der Waals surface area contributed by atoms with Gasteiger partial charge < -0.3 is 16.0 Å². The third-order valence-corrected chi connectivity index (χ3v) is 3.77. The van der Waals surface area contributed by atoms with Gasteiger partial charge in [-0.2, -0.15) is 0 Å². The number of hydrogen-bond acceptors (Lipinski definition) is 3. The van der Waals surface area contributed by atoms with Crippen molar-refractivity contribution in [2.45, 2.75) is 25.7 Å². The second kappa shape index (κ2) is 5.95. The topological polar surface area (TPSA) is 58.4 Å². The van der Waals surface area contributed by atoms with Gasteiger partial charge in [0, 0.05) is 32.0 Å². The highest BCUT2D eigenvalue weighted by Crippen LogP contribution is 2.25. The first-order valence-electron chi connectivity index (χ1n) is 6.93. The zero-order chi connectivity index (χ0) is 13.8. The Kier molecular flexibility index (Phi) is 4.30. The van der Waals surface area contributed by atoms with Crippen LogP contribution in [-0.2, 0) is 0 Å². The first kappa shape index (κ1) is 13.7. The second-order valence-corrected chi connectivity index (χ2v) is 5.53. The number of nitrogen functional groups attached to an aromatic ring is 1. The molecule has 0 aliphatic heterocycles. The Bertz CT molecular complexity index is 451. The Balaban J connectivity index is 2.06. The number of carbonyl (C=O) groups excluding carboxylic acids is 1. The van der Waals surface area contributed by atoms with E-state index in [2.05, 4.69) is 5.32 Å². The molecule has 1 saturated carbocycles. The third-order valence-electron chi connectivity index (χ3n) is 3.77. The van der Waals surface area contributed by atoms with Crippen molar-refractivity contribution < 1.29 is 4.79 Å². The normalized spacial score (nSPS) is 15.5. The molecule has 0 radical (unpaired) electrons. The van der Waals surface area contributed by atoms with E-state index >= 15 is 0 Å². The molecule has 2 rings (SSSR count). The fourth-order valence-corrected chi connectivity index (χ4v) is 2.67. The molecule has 3 N–H and O–H groups in total. The number of nitrogens with zero attached hydrogens (tertiary/aromatic N) is 1. The lowest BCUT2D eigenvalue weighted by molar-refractivity contribution is 0.0948. The summed E-state index contributed by atoms with van der Waals surface area (Å²) in [5, 5.41) is 3.04. The van der Waals surface area contributed by atoms with Crippen molar-refractivity contribution in [3.63, 3.8) is 0 Å². The number of nitrogens with one attached hydrogen (secondary N) is 1. The van der Waals surface area contributed by atoms with Crippen LogP contribution in [0.5, 0.6) is 0 Å². The largest absolute Gasteiger partial charge is 0.399 e. The van der Waals surface area contributed by atoms with E-state index in [9.17, 15) is 4.79 Å². The maximum Gasteiger partial charge on any atom is 0.253 e. The van der Waals surface area contributed by atoms with Gasteiger partial charge in [-0.3, -0.25) is 4.79 Å². The lowest BCUT2D eigenvalue weighted by atomic mass is 10.1. The van der Waals surface area contributed by atoms with Gasteiger partial charge in [0.1, 0.15) is 0 Å². The molecule has 0 aromatic heterocycles. The van der Waals surface area contributed by atoms with Crippen molar-refractivity contribution in [3.8, 4) is 0 Å². The summed E-state index contributed by atoms with van der Waals surface area (Å²) in [4.78, 5) is 14.2. The van der Waals surface area contributed by atoms with E-state index < -0.39 is 0 Å². The van der Waals surface area contributed by atoms with Crippen LogP contribution in [0, 0.1) is 5.92 Å². The van der Waals surface area contributed by atoms with Crippen LogP contribution in [0.1, 0.15) is 36.0 Å². The molecule has 104 valence electrons. The van der Waals surface area contributed by atoms with Gasteiger partial charge >= 0.3 is 0 Å². The molecule has 4 nitrogen and oxygen atoms in total. The van der Waals surface area contributed by atoms with Crippen molar-refractivity contribution in [1.82, 2.24) is 5.32 Å². The minimum atomic E-state index is -0.0251. The minimum Gasteiger partial charge on any atom is -0.399 e. The van der Waals surface area contributed by atoms with Gasteiger partial charge in [-0.05, 0) is 37.0 Å². The van der Waals surface area contributed by atoms with E-state index in [0.717, 1.165) is 12.2 Å². The molecule has 19 heavy (non-hydrogen) atoms. The molecule has 4 heteroatoms. The standard InChI is InChI=1S/C15H23N3O/c1-18(2)14-8-7-12(16)9-13(14)15(19)17-10-11-5-3-4-6-11/h7-9,11H,3-6,10,16H2,1-2H3,(H,17,19). The Hall–Kier alpha value is -1.71. The van der Waals surface area contributed by atoms with Gasteiger partial charge in [0.2, 0.25) is 0 Å². The zero-order valence-corrected chi connectivity index (χ0v) is 11.8. The van der Waals surface area contributed by atoms with Gasteiger partial charge in [0.25, 0.3) is 5.91 Å². The molecule has 0 saturated heterocycles. The maximum absolute atomic E-state index is 12.3. The SMILES string of the molecule is CN(C)c1ccc(N)cc1C(=O)NCC1CCCC1. The lowest BCUT2D eigenvalue weighted by Gasteiger charge is -2.18. The molecule has 1 aromatic rings. The van der Waals surface area contributed by atoms with Crippen molar-refractivity contribution in [3.05, 3.63) is 23.8 Å². The summed E-state index contributed by atoms with van der Waals surface area (Å²) < 4.78 is 0. The summed E-state index contributed by atoms with van der Waals surface area (Å²) in [6, 6.07) is 5.46. The molecular weight excluding hydrogens is 238 g/mol. The van der Waals surface area contributed by atoms with Gasteiger partial charge in [-0.1, -0.05) is 12.8 Å². The van der Waals surface area contributed by atoms with Gasteiger partial charge in [-0.25, -0.2) is 0 Å². The van der Waals surface area contributed by atoms with Crippen LogP contribution in [-0.4, -0.2) is 26.5 Å². The van der Waals surface area contributed by atoms with E-state index in [-0.39, 0.29) is 5.91 Å². The highest BCUT2D eigenvalue weighted by atomic mass is 16.1. The molecule has 1 aliphatic carbocycles. The molecule has 1 fully saturated rings. The third kappa shape index (κ3) is 3.40. The van der Waals surface area contributed by atoms with Crippen LogP contribution in [0.2, 0.25) is 0 Å². The molecule has 1 aliphatic rings. The van der Waals surface area contributed by atoms with E-state index in [1.807, 2.05) is 31.1 Å². The van der Waals surface area contributed by atoms with E-state index in [0.29, 0.717) is 17.2 Å². The second-order valence-electron chi connectivity index (χ2n) is 5.53. The van der Waals surface area contributed by atoms with Crippen LogP contribution in [0.4, 0.5) is 11.4 Å². The molecule has 1 amide bonds. The van der Waals surface area contributed by atoms with Crippen LogP contribution in [0.25, 0.3) is 0 Å². The van der Waals surface area contributed by atoms with Crippen molar-refractivity contribution in [2.24, 2.45) is 5.92 Å². The van der Waals surface area contributed by atoms with Crippen LogP contribution < -0.4 is 16.0 Å². The predicted molar refractivity (Wildman–Crippen MR) is 79.5 cm³/mol. The first-order chi connectivity index (χ1) is 9.08. The van der Waals surface area contributed by atoms with Gasteiger partial charge in [0.05, 0.1) is 5.56 Å². The number of nitrogens with two attached hydrogens (primary N) is 1. The zero-order valence-electron chi connectivity index (χ0n) is 11.8. The molecule has 0 heterocycles. The number of amides is 1. The molecule has 0 unspecified atom stereocenters. The van der Waals surface area contributed by atoms with E-state index in [1.54, 1.807) is 6.07 Å². The molecule has 0 bridgehead atoms. The van der Waals surface area contributed by atoms with Gasteiger partial charge in [0.15, 0.2) is 0 Å². The predicted octanol–water partition coefficient (Wildman–Crippen LogP) is 2.25. The monoisotopic (exact) mass is 261 g/mol. The molecule has 1 aromatic carbocycles. The lowest BCUT2D eigenvalue weighted by Crippen LogP contribution is -2.29. The van der Waals surface area contributed by atoms with Crippen LogP contribution in [0.15, 0.2) is 18.2 Å². The molecule has 0 spiro atoms. The Morgan fingerprint density at radius 2 is 2.05 bits per heavy atom. The van der Waals surface area contributed by atoms with Crippen LogP contribution >= 0.6 is 0 Å². The number of rotatable bonds is 4. The smallest absolute Gasteiger partial charge is 0.253 e. The number of carbonyl (C=O) groups is 1. The van der Waals surface area contributed by atoms with Crippen molar-refractivity contribution >= 4 is 17.3 Å². The minimum absolute atomic E-state index is 0.0251. The highest BCUT2D eigenvalue weighted by Gasteiger charge is 2.18. The number of anilines is 2. The fraction of sp³-hybridized carbons (Fsp3) is 0.533. The van der Waals surface area contributed by atoms with Crippen molar-refractivity contribution in [2.75, 3.05) is 31.3 Å². The van der Waals surface area contributed by atoms with Crippen LogP contribution in [0.3, 0.4) is 0 Å². The number of benzene rings is 1. The summed E-state index contributed by atoms with van der Waals surface area (Å²) in [7, 11) is 3.86. The summed E-state index contributed by atoms with van der Waals surface area (Å²) in [6.45, 7) is 0.778. The highest BCUT2D eigenvalue weighted by molar-refractivity contribution is 6.00. The van der Waals surface area contributed by atoms with Crippen molar-refractivity contribution in [1.29, 1.82) is 0 Å². The molecular formula is C15H23N3O. The average Bonchev–Trinajstić information content (AvgIpc) is 2.88. The first-order valence-corrected chi connectivity index (χ1v) is 6.93. The quantitative estimate of drug-likeness (QED) is 0.817. The Labute approximate surface area is 115 Å². The Morgan fingerprint density at radius 3 is 2.68 bits per heavy atom. The average molecular weight is 261 g/mol. The van der Waals surface area contributed by atoms with Gasteiger partial charge in [-0.15, -0.1) is 0 Å². The number of hydrogen-bond donors (Lipinski definition) is 2. The summed E-state index contributed by atoms with van der Waals surface area (Å²) >= 11 is 0. The summed E-state index contributed by atoms with van der Waals surface area (Å²) in [5.41, 5.74) is 7.96. The van der Waals surface area contributed by atoms with E-state index in [4.69, 9.17) is 5.73 Å².